The van der Waals surface area contributed by atoms with Gasteiger partial charge in [-0.05, 0) is 37.6 Å². The Morgan fingerprint density at radius 2 is 1.96 bits per heavy atom. The molecular formula is C20H22N2O4. The molecule has 1 atom stereocenters. The van der Waals surface area contributed by atoms with E-state index < -0.39 is 0 Å². The van der Waals surface area contributed by atoms with Crippen molar-refractivity contribution in [2.45, 2.75) is 19.4 Å². The van der Waals surface area contributed by atoms with Gasteiger partial charge in [0, 0.05) is 30.4 Å². The highest BCUT2D eigenvalue weighted by molar-refractivity contribution is 5.92. The van der Waals surface area contributed by atoms with Crippen molar-refractivity contribution in [2.75, 3.05) is 25.2 Å². The molecule has 1 saturated heterocycles. The van der Waals surface area contributed by atoms with Crippen molar-refractivity contribution in [2.24, 2.45) is 5.92 Å². The number of rotatable bonds is 4. The molecule has 0 aromatic heterocycles. The molecule has 136 valence electrons. The standard InChI is InChI=1S/C20H22N2O4/c23-17-10-19-18(25-13-26-19)9-15(17)12-22-8-4-5-14(11-22)20(24)21-16-6-2-1-3-7-16/h1-3,6-7,9-10,14,23H,4-5,8,11-13H2,(H,21,24)/t14-/m1/s1. The number of para-hydroxylation sites is 1. The number of piperidine rings is 1. The van der Waals surface area contributed by atoms with Crippen LogP contribution in [0.15, 0.2) is 42.5 Å². The summed E-state index contributed by atoms with van der Waals surface area (Å²) in [7, 11) is 0. The number of nitrogens with one attached hydrogen (secondary N) is 1. The molecule has 2 N–H and O–H groups in total. The average molecular weight is 354 g/mol. The molecule has 0 aliphatic carbocycles. The topological polar surface area (TPSA) is 71.0 Å². The minimum atomic E-state index is -0.0555. The highest BCUT2D eigenvalue weighted by Gasteiger charge is 2.27. The first-order chi connectivity index (χ1) is 12.7. The second-order valence-corrected chi connectivity index (χ2v) is 6.76. The maximum Gasteiger partial charge on any atom is 0.231 e. The van der Waals surface area contributed by atoms with E-state index in [1.54, 1.807) is 6.07 Å². The Labute approximate surface area is 152 Å². The van der Waals surface area contributed by atoms with E-state index in [0.29, 0.717) is 24.6 Å². The van der Waals surface area contributed by atoms with Gasteiger partial charge < -0.3 is 19.9 Å². The van der Waals surface area contributed by atoms with E-state index in [2.05, 4.69) is 10.2 Å². The summed E-state index contributed by atoms with van der Waals surface area (Å²) in [5.41, 5.74) is 1.61. The second kappa shape index (κ2) is 7.25. The first-order valence-electron chi connectivity index (χ1n) is 8.89. The van der Waals surface area contributed by atoms with Gasteiger partial charge in [-0.15, -0.1) is 0 Å². The predicted octanol–water partition coefficient (Wildman–Crippen LogP) is 2.97. The molecule has 0 saturated carbocycles. The van der Waals surface area contributed by atoms with E-state index in [1.165, 1.54) is 0 Å². The fourth-order valence-electron chi connectivity index (χ4n) is 3.52. The summed E-state index contributed by atoms with van der Waals surface area (Å²) >= 11 is 0. The molecule has 1 fully saturated rings. The molecule has 4 rings (SSSR count). The lowest BCUT2D eigenvalue weighted by Gasteiger charge is -2.32. The monoisotopic (exact) mass is 354 g/mol. The maximum atomic E-state index is 12.6. The lowest BCUT2D eigenvalue weighted by atomic mass is 9.96. The van der Waals surface area contributed by atoms with Gasteiger partial charge in [0.1, 0.15) is 5.75 Å². The third kappa shape index (κ3) is 3.60. The molecule has 2 aliphatic rings. The van der Waals surface area contributed by atoms with Crippen molar-refractivity contribution in [3.8, 4) is 17.2 Å². The maximum absolute atomic E-state index is 12.6. The number of aromatic hydroxyl groups is 1. The van der Waals surface area contributed by atoms with Gasteiger partial charge in [-0.25, -0.2) is 0 Å². The minimum Gasteiger partial charge on any atom is -0.507 e. The summed E-state index contributed by atoms with van der Waals surface area (Å²) in [4.78, 5) is 14.8. The first-order valence-corrected chi connectivity index (χ1v) is 8.89. The molecule has 1 amide bonds. The van der Waals surface area contributed by atoms with Crippen molar-refractivity contribution < 1.29 is 19.4 Å². The second-order valence-electron chi connectivity index (χ2n) is 6.76. The molecule has 2 aliphatic heterocycles. The molecule has 6 nitrogen and oxygen atoms in total. The number of phenolic OH excluding ortho intramolecular Hbond substituents is 1. The molecule has 2 heterocycles. The zero-order valence-electron chi connectivity index (χ0n) is 14.5. The Balaban J connectivity index is 1.40. The van der Waals surface area contributed by atoms with E-state index in [0.717, 1.165) is 30.6 Å². The zero-order chi connectivity index (χ0) is 17.9. The van der Waals surface area contributed by atoms with Crippen LogP contribution in [0.25, 0.3) is 0 Å². The quantitative estimate of drug-likeness (QED) is 0.883. The number of fused-ring (bicyclic) bond motifs is 1. The molecule has 0 unspecified atom stereocenters. The van der Waals surface area contributed by atoms with Gasteiger partial charge in [0.05, 0.1) is 5.92 Å². The van der Waals surface area contributed by atoms with Crippen molar-refractivity contribution in [1.82, 2.24) is 4.90 Å². The lowest BCUT2D eigenvalue weighted by molar-refractivity contribution is -0.121. The van der Waals surface area contributed by atoms with Gasteiger partial charge in [0.25, 0.3) is 0 Å². The van der Waals surface area contributed by atoms with Gasteiger partial charge >= 0.3 is 0 Å². The van der Waals surface area contributed by atoms with E-state index in [9.17, 15) is 9.90 Å². The van der Waals surface area contributed by atoms with Crippen molar-refractivity contribution in [3.63, 3.8) is 0 Å². The van der Waals surface area contributed by atoms with Gasteiger partial charge in [-0.1, -0.05) is 18.2 Å². The van der Waals surface area contributed by atoms with Crippen LogP contribution in [0.2, 0.25) is 0 Å². The fraction of sp³-hybridized carbons (Fsp3) is 0.350. The van der Waals surface area contributed by atoms with Gasteiger partial charge in [-0.2, -0.15) is 0 Å². The Hall–Kier alpha value is -2.73. The molecule has 0 radical (unpaired) electrons. The number of ether oxygens (including phenoxy) is 2. The highest BCUT2D eigenvalue weighted by Crippen LogP contribution is 2.38. The van der Waals surface area contributed by atoms with E-state index in [-0.39, 0.29) is 24.4 Å². The molecule has 2 aromatic carbocycles. The summed E-state index contributed by atoms with van der Waals surface area (Å²) in [6.07, 6.45) is 1.83. The third-order valence-electron chi connectivity index (χ3n) is 4.89. The number of carbonyl (C=O) groups is 1. The summed E-state index contributed by atoms with van der Waals surface area (Å²) in [5, 5.41) is 13.2. The van der Waals surface area contributed by atoms with Crippen LogP contribution in [0, 0.1) is 5.92 Å². The Kier molecular flexibility index (Phi) is 4.67. The number of anilines is 1. The van der Waals surface area contributed by atoms with E-state index >= 15 is 0 Å². The molecule has 0 spiro atoms. The largest absolute Gasteiger partial charge is 0.507 e. The number of likely N-dealkylation sites (tertiary alicyclic amines) is 1. The van der Waals surface area contributed by atoms with Gasteiger partial charge in [-0.3, -0.25) is 9.69 Å². The van der Waals surface area contributed by atoms with Crippen LogP contribution < -0.4 is 14.8 Å². The molecule has 2 aromatic rings. The number of phenols is 1. The summed E-state index contributed by atoms with van der Waals surface area (Å²) < 4.78 is 10.7. The molecule has 26 heavy (non-hydrogen) atoms. The van der Waals surface area contributed by atoms with E-state index in [1.807, 2.05) is 36.4 Å². The average Bonchev–Trinajstić information content (AvgIpc) is 3.10. The Morgan fingerprint density at radius 3 is 2.77 bits per heavy atom. The SMILES string of the molecule is O=C(Nc1ccccc1)[C@@H]1CCCN(Cc2cc3c(cc2O)OCO3)C1. The number of nitrogens with zero attached hydrogens (tertiary/aromatic N) is 1. The Bertz CT molecular complexity index is 794. The lowest BCUT2D eigenvalue weighted by Crippen LogP contribution is -2.40. The fourth-order valence-corrected chi connectivity index (χ4v) is 3.52. The van der Waals surface area contributed by atoms with Crippen molar-refractivity contribution >= 4 is 11.6 Å². The van der Waals surface area contributed by atoms with Gasteiger partial charge in [0.2, 0.25) is 12.7 Å². The normalized spacial score (nSPS) is 19.3. The van der Waals surface area contributed by atoms with Crippen LogP contribution in [0.3, 0.4) is 0 Å². The smallest absolute Gasteiger partial charge is 0.231 e. The first kappa shape index (κ1) is 16.7. The number of hydrogen-bond acceptors (Lipinski definition) is 5. The van der Waals surface area contributed by atoms with Crippen LogP contribution in [-0.2, 0) is 11.3 Å². The minimum absolute atomic E-state index is 0.0517. The Morgan fingerprint density at radius 1 is 1.19 bits per heavy atom. The van der Waals surface area contributed by atoms with Crippen LogP contribution in [0.5, 0.6) is 17.2 Å². The number of carbonyl (C=O) groups excluding carboxylic acids is 1. The molecule has 0 bridgehead atoms. The highest BCUT2D eigenvalue weighted by atomic mass is 16.7. The molecular weight excluding hydrogens is 332 g/mol. The van der Waals surface area contributed by atoms with Crippen LogP contribution in [-0.4, -0.2) is 35.8 Å². The number of amides is 1. The van der Waals surface area contributed by atoms with Crippen LogP contribution in [0.4, 0.5) is 5.69 Å². The van der Waals surface area contributed by atoms with Crippen LogP contribution in [0.1, 0.15) is 18.4 Å². The molecule has 6 heteroatoms. The van der Waals surface area contributed by atoms with Crippen molar-refractivity contribution in [1.29, 1.82) is 0 Å². The summed E-state index contributed by atoms with van der Waals surface area (Å²) in [6, 6.07) is 12.9. The zero-order valence-corrected chi connectivity index (χ0v) is 14.5. The number of hydrogen-bond donors (Lipinski definition) is 2. The predicted molar refractivity (Wildman–Crippen MR) is 97.3 cm³/mol. The van der Waals surface area contributed by atoms with Gasteiger partial charge in [0.15, 0.2) is 11.5 Å². The van der Waals surface area contributed by atoms with Crippen LogP contribution >= 0.6 is 0 Å². The third-order valence-corrected chi connectivity index (χ3v) is 4.89. The number of benzene rings is 2. The van der Waals surface area contributed by atoms with Crippen molar-refractivity contribution in [3.05, 3.63) is 48.0 Å². The summed E-state index contributed by atoms with van der Waals surface area (Å²) in [5.74, 6) is 1.43. The van der Waals surface area contributed by atoms with E-state index in [4.69, 9.17) is 9.47 Å². The summed E-state index contributed by atoms with van der Waals surface area (Å²) in [6.45, 7) is 2.34.